The number of carbonyl (C=O) groups is 1. The first-order chi connectivity index (χ1) is 8.81. The fourth-order valence-corrected chi connectivity index (χ4v) is 1.91. The van der Waals surface area contributed by atoms with Crippen LogP contribution in [0.15, 0.2) is 12.3 Å². The maximum atomic E-state index is 11.8. The zero-order valence-electron chi connectivity index (χ0n) is 10.8. The Hall–Kier alpha value is -1.40. The van der Waals surface area contributed by atoms with Gasteiger partial charge in [-0.1, -0.05) is 6.92 Å². The second kappa shape index (κ2) is 6.51. The van der Waals surface area contributed by atoms with Crippen LogP contribution in [0.4, 0.5) is 5.82 Å². The molecule has 3 N–H and O–H groups in total. The molecule has 0 aliphatic carbocycles. The minimum absolute atomic E-state index is 0.0573. The Morgan fingerprint density at radius 3 is 3.11 bits per heavy atom. The first kappa shape index (κ1) is 13.0. The second-order valence-corrected chi connectivity index (χ2v) is 4.48. The zero-order valence-corrected chi connectivity index (χ0v) is 10.8. The molecule has 1 aromatic rings. The highest BCUT2D eigenvalue weighted by Gasteiger charge is 2.22. The Labute approximate surface area is 107 Å². The summed E-state index contributed by atoms with van der Waals surface area (Å²) in [6.07, 6.45) is 3.13. The predicted octanol–water partition coefficient (Wildman–Crippen LogP) is 0.356. The van der Waals surface area contributed by atoms with Gasteiger partial charge in [0.2, 0.25) is 5.91 Å². The van der Waals surface area contributed by atoms with Crippen molar-refractivity contribution >= 4 is 11.7 Å². The van der Waals surface area contributed by atoms with E-state index in [1.54, 1.807) is 6.20 Å². The van der Waals surface area contributed by atoms with Crippen LogP contribution in [-0.2, 0) is 4.79 Å². The molecule has 1 amide bonds. The number of nitrogens with zero attached hydrogens (tertiary/aromatic N) is 2. The second-order valence-electron chi connectivity index (χ2n) is 4.48. The normalized spacial score (nSPS) is 15.4. The highest BCUT2D eigenvalue weighted by molar-refractivity contribution is 5.89. The Bertz CT molecular complexity index is 386. The molecule has 1 aliphatic heterocycles. The van der Waals surface area contributed by atoms with Gasteiger partial charge in [0.05, 0.1) is 12.2 Å². The van der Waals surface area contributed by atoms with Crippen LogP contribution in [0.2, 0.25) is 0 Å². The summed E-state index contributed by atoms with van der Waals surface area (Å²) in [6.45, 7) is 5.74. The van der Waals surface area contributed by atoms with E-state index in [2.05, 4.69) is 28.0 Å². The molecule has 1 saturated heterocycles. The molecule has 0 atom stereocenters. The molecule has 6 heteroatoms. The highest BCUT2D eigenvalue weighted by Crippen LogP contribution is 2.17. The number of nitrogens with one attached hydrogen (secondary N) is 3. The van der Waals surface area contributed by atoms with Crippen molar-refractivity contribution in [1.82, 2.24) is 20.4 Å². The van der Waals surface area contributed by atoms with Gasteiger partial charge >= 0.3 is 0 Å². The molecule has 1 fully saturated rings. The summed E-state index contributed by atoms with van der Waals surface area (Å²) in [5, 5.41) is 13.6. The van der Waals surface area contributed by atoms with Crippen molar-refractivity contribution in [3.8, 4) is 0 Å². The van der Waals surface area contributed by atoms with E-state index in [4.69, 9.17) is 0 Å². The third-order valence-corrected chi connectivity index (χ3v) is 3.05. The van der Waals surface area contributed by atoms with E-state index in [-0.39, 0.29) is 5.91 Å². The topological polar surface area (TPSA) is 71.0 Å². The highest BCUT2D eigenvalue weighted by atomic mass is 16.1. The SMILES string of the molecule is CCNCCCC(=O)Nc1ccnn1C1CNC1. The van der Waals surface area contributed by atoms with Crippen LogP contribution in [0.1, 0.15) is 25.8 Å². The van der Waals surface area contributed by atoms with Crippen LogP contribution in [0.25, 0.3) is 0 Å². The van der Waals surface area contributed by atoms with E-state index in [1.807, 2.05) is 10.7 Å². The maximum absolute atomic E-state index is 11.8. The lowest BCUT2D eigenvalue weighted by Crippen LogP contribution is -2.44. The quantitative estimate of drug-likeness (QED) is 0.612. The largest absolute Gasteiger partial charge is 0.317 e. The van der Waals surface area contributed by atoms with Crippen molar-refractivity contribution in [2.24, 2.45) is 0 Å². The lowest BCUT2D eigenvalue weighted by atomic mass is 10.2. The molecule has 0 bridgehead atoms. The summed E-state index contributed by atoms with van der Waals surface area (Å²) >= 11 is 0. The minimum Gasteiger partial charge on any atom is -0.317 e. The van der Waals surface area contributed by atoms with Crippen LogP contribution in [0.3, 0.4) is 0 Å². The lowest BCUT2D eigenvalue weighted by Gasteiger charge is -2.28. The molecular formula is C12H21N5O. The van der Waals surface area contributed by atoms with Crippen LogP contribution < -0.4 is 16.0 Å². The van der Waals surface area contributed by atoms with Gasteiger partial charge in [0.15, 0.2) is 0 Å². The molecule has 1 aliphatic rings. The van der Waals surface area contributed by atoms with Gasteiger partial charge in [-0.05, 0) is 19.5 Å². The number of anilines is 1. The van der Waals surface area contributed by atoms with Crippen molar-refractivity contribution in [1.29, 1.82) is 0 Å². The summed E-state index contributed by atoms with van der Waals surface area (Å²) in [4.78, 5) is 11.8. The Morgan fingerprint density at radius 2 is 2.44 bits per heavy atom. The van der Waals surface area contributed by atoms with Gasteiger partial charge in [-0.25, -0.2) is 4.68 Å². The molecule has 0 radical (unpaired) electrons. The molecule has 0 spiro atoms. The van der Waals surface area contributed by atoms with Crippen molar-refractivity contribution in [2.45, 2.75) is 25.8 Å². The van der Waals surface area contributed by atoms with Gasteiger partial charge in [-0.3, -0.25) is 4.79 Å². The fraction of sp³-hybridized carbons (Fsp3) is 0.667. The average molecular weight is 251 g/mol. The summed E-state index contributed by atoms with van der Waals surface area (Å²) in [6, 6.07) is 2.22. The summed E-state index contributed by atoms with van der Waals surface area (Å²) in [5.41, 5.74) is 0. The maximum Gasteiger partial charge on any atom is 0.225 e. The summed E-state index contributed by atoms with van der Waals surface area (Å²) in [7, 11) is 0. The predicted molar refractivity (Wildman–Crippen MR) is 70.5 cm³/mol. The smallest absolute Gasteiger partial charge is 0.225 e. The van der Waals surface area contributed by atoms with Gasteiger partial charge in [-0.15, -0.1) is 0 Å². The molecule has 100 valence electrons. The van der Waals surface area contributed by atoms with E-state index in [9.17, 15) is 4.79 Å². The summed E-state index contributed by atoms with van der Waals surface area (Å²) in [5.74, 6) is 0.858. The fourth-order valence-electron chi connectivity index (χ4n) is 1.91. The molecular weight excluding hydrogens is 230 g/mol. The molecule has 6 nitrogen and oxygen atoms in total. The third-order valence-electron chi connectivity index (χ3n) is 3.05. The monoisotopic (exact) mass is 251 g/mol. The zero-order chi connectivity index (χ0) is 12.8. The van der Waals surface area contributed by atoms with Gasteiger partial charge in [0.25, 0.3) is 0 Å². The number of rotatable bonds is 7. The van der Waals surface area contributed by atoms with E-state index in [0.29, 0.717) is 12.5 Å². The van der Waals surface area contributed by atoms with E-state index in [0.717, 1.165) is 38.4 Å². The Balaban J connectivity index is 1.78. The van der Waals surface area contributed by atoms with Crippen LogP contribution in [-0.4, -0.2) is 41.9 Å². The number of amides is 1. The molecule has 0 saturated carbocycles. The van der Waals surface area contributed by atoms with E-state index >= 15 is 0 Å². The third kappa shape index (κ3) is 3.30. The molecule has 2 heterocycles. The average Bonchev–Trinajstić information content (AvgIpc) is 2.71. The summed E-state index contributed by atoms with van der Waals surface area (Å²) < 4.78 is 1.89. The minimum atomic E-state index is 0.0573. The van der Waals surface area contributed by atoms with Crippen molar-refractivity contribution < 1.29 is 4.79 Å². The van der Waals surface area contributed by atoms with Gasteiger partial charge in [-0.2, -0.15) is 5.10 Å². The van der Waals surface area contributed by atoms with E-state index < -0.39 is 0 Å². The number of hydrogen-bond donors (Lipinski definition) is 3. The molecule has 0 unspecified atom stereocenters. The van der Waals surface area contributed by atoms with Gasteiger partial charge in [0, 0.05) is 25.6 Å². The van der Waals surface area contributed by atoms with E-state index in [1.165, 1.54) is 0 Å². The first-order valence-electron chi connectivity index (χ1n) is 6.56. The lowest BCUT2D eigenvalue weighted by molar-refractivity contribution is -0.116. The standard InChI is InChI=1S/C12H21N5O/c1-2-13-6-3-4-12(18)16-11-5-7-15-17(11)10-8-14-9-10/h5,7,10,13-14H,2-4,6,8-9H2,1H3,(H,16,18). The van der Waals surface area contributed by atoms with Gasteiger partial charge in [0.1, 0.15) is 5.82 Å². The van der Waals surface area contributed by atoms with Crippen molar-refractivity contribution in [3.05, 3.63) is 12.3 Å². The molecule has 0 aromatic carbocycles. The number of aromatic nitrogens is 2. The molecule has 18 heavy (non-hydrogen) atoms. The number of carbonyl (C=O) groups excluding carboxylic acids is 1. The Kier molecular flexibility index (Phi) is 4.72. The van der Waals surface area contributed by atoms with Crippen LogP contribution in [0, 0.1) is 0 Å². The Morgan fingerprint density at radius 1 is 1.61 bits per heavy atom. The molecule has 1 aromatic heterocycles. The van der Waals surface area contributed by atoms with Gasteiger partial charge < -0.3 is 16.0 Å². The first-order valence-corrected chi connectivity index (χ1v) is 6.56. The van der Waals surface area contributed by atoms with Crippen molar-refractivity contribution in [2.75, 3.05) is 31.5 Å². The number of hydrogen-bond acceptors (Lipinski definition) is 4. The van der Waals surface area contributed by atoms with Crippen LogP contribution >= 0.6 is 0 Å². The van der Waals surface area contributed by atoms with Crippen LogP contribution in [0.5, 0.6) is 0 Å². The van der Waals surface area contributed by atoms with Crippen molar-refractivity contribution in [3.63, 3.8) is 0 Å². The molecule has 2 rings (SSSR count).